The summed E-state index contributed by atoms with van der Waals surface area (Å²) in [7, 11) is 3.30. The molecule has 0 fully saturated rings. The fourth-order valence-electron chi connectivity index (χ4n) is 1.68. The first-order valence-electron chi connectivity index (χ1n) is 6.46. The number of nitrogens with zero attached hydrogens (tertiary/aromatic N) is 1. The van der Waals surface area contributed by atoms with Crippen LogP contribution in [-0.4, -0.2) is 38.1 Å². The van der Waals surface area contributed by atoms with Crippen LogP contribution in [0.4, 0.5) is 8.78 Å². The molecular weight excluding hydrogens is 266 g/mol. The topological polar surface area (TPSA) is 55.6 Å². The van der Waals surface area contributed by atoms with Crippen molar-refractivity contribution in [1.82, 2.24) is 4.90 Å². The lowest BCUT2D eigenvalue weighted by atomic mass is 10.1. The van der Waals surface area contributed by atoms with Crippen molar-refractivity contribution >= 4 is 5.91 Å². The summed E-state index contributed by atoms with van der Waals surface area (Å²) in [6, 6.07) is 2.44. The quantitative estimate of drug-likeness (QED) is 0.776. The normalized spacial score (nSPS) is 10.4. The lowest BCUT2D eigenvalue weighted by molar-refractivity contribution is -0.128. The molecule has 0 heterocycles. The Morgan fingerprint density at radius 1 is 1.30 bits per heavy atom. The Kier molecular flexibility index (Phi) is 6.38. The summed E-state index contributed by atoms with van der Waals surface area (Å²) in [4.78, 5) is 12.8. The lowest BCUT2D eigenvalue weighted by Crippen LogP contribution is -2.21. The summed E-state index contributed by atoms with van der Waals surface area (Å²) in [6.45, 7) is 0.412. The molecule has 0 radical (unpaired) electrons. The molecule has 20 heavy (non-hydrogen) atoms. The second-order valence-corrected chi connectivity index (χ2v) is 4.67. The summed E-state index contributed by atoms with van der Waals surface area (Å²) in [5.41, 5.74) is 5.84. The fourth-order valence-corrected chi connectivity index (χ4v) is 1.68. The second-order valence-electron chi connectivity index (χ2n) is 4.67. The van der Waals surface area contributed by atoms with Crippen LogP contribution in [0.5, 0.6) is 5.75 Å². The van der Waals surface area contributed by atoms with Crippen molar-refractivity contribution in [2.24, 2.45) is 5.73 Å². The van der Waals surface area contributed by atoms with Gasteiger partial charge in [0.05, 0.1) is 6.61 Å². The molecule has 112 valence electrons. The molecule has 0 unspecified atom stereocenters. The number of carbonyl (C=O) groups excluding carboxylic acids is 1. The Balaban J connectivity index is 2.54. The number of benzene rings is 1. The van der Waals surface area contributed by atoms with Gasteiger partial charge in [0.2, 0.25) is 5.91 Å². The van der Waals surface area contributed by atoms with Crippen LogP contribution in [0.1, 0.15) is 18.4 Å². The molecule has 1 aromatic carbocycles. The molecule has 2 N–H and O–H groups in total. The molecule has 0 aliphatic rings. The number of rotatable bonds is 7. The van der Waals surface area contributed by atoms with E-state index < -0.39 is 17.4 Å². The van der Waals surface area contributed by atoms with Crippen molar-refractivity contribution < 1.29 is 18.3 Å². The van der Waals surface area contributed by atoms with Gasteiger partial charge in [0.25, 0.3) is 0 Å². The number of halogens is 2. The molecule has 1 amide bonds. The third-order valence-electron chi connectivity index (χ3n) is 2.77. The molecule has 0 aliphatic carbocycles. The van der Waals surface area contributed by atoms with Gasteiger partial charge in [0.1, 0.15) is 0 Å². The molecule has 0 saturated carbocycles. The first-order valence-corrected chi connectivity index (χ1v) is 6.46. The van der Waals surface area contributed by atoms with Gasteiger partial charge in [-0.2, -0.15) is 0 Å². The number of hydrogen-bond donors (Lipinski definition) is 1. The standard InChI is InChI=1S/C14H20F2N2O2/c1-18(2)13(19)4-3-7-20-14-11(15)8-10(5-6-17)9-12(14)16/h8-9H,3-7,17H2,1-2H3. The molecule has 0 saturated heterocycles. The minimum atomic E-state index is -0.743. The molecule has 1 aromatic rings. The van der Waals surface area contributed by atoms with Crippen LogP contribution >= 0.6 is 0 Å². The molecule has 0 spiro atoms. The highest BCUT2D eigenvalue weighted by molar-refractivity contribution is 5.75. The summed E-state index contributed by atoms with van der Waals surface area (Å²) in [5.74, 6) is -1.93. The fraction of sp³-hybridized carbons (Fsp3) is 0.500. The third kappa shape index (κ3) is 4.77. The largest absolute Gasteiger partial charge is 0.488 e. The SMILES string of the molecule is CN(C)C(=O)CCCOc1c(F)cc(CCN)cc1F. The van der Waals surface area contributed by atoms with Gasteiger partial charge < -0.3 is 15.4 Å². The summed E-state index contributed by atoms with van der Waals surface area (Å²) < 4.78 is 32.4. The first kappa shape index (κ1) is 16.4. The molecule has 1 rings (SSSR count). The zero-order chi connectivity index (χ0) is 15.1. The molecule has 4 nitrogen and oxygen atoms in total. The highest BCUT2D eigenvalue weighted by Crippen LogP contribution is 2.23. The zero-order valence-electron chi connectivity index (χ0n) is 11.8. The van der Waals surface area contributed by atoms with E-state index in [1.807, 2.05) is 0 Å². The van der Waals surface area contributed by atoms with Crippen LogP contribution in [0.3, 0.4) is 0 Å². The van der Waals surface area contributed by atoms with E-state index in [-0.39, 0.29) is 18.9 Å². The highest BCUT2D eigenvalue weighted by Gasteiger charge is 2.13. The van der Waals surface area contributed by atoms with Crippen LogP contribution < -0.4 is 10.5 Å². The number of amides is 1. The average Bonchev–Trinajstić information content (AvgIpc) is 2.36. The summed E-state index contributed by atoms with van der Waals surface area (Å²) in [5, 5.41) is 0. The molecule has 0 bridgehead atoms. The van der Waals surface area contributed by atoms with Gasteiger partial charge in [-0.25, -0.2) is 8.78 Å². The van der Waals surface area contributed by atoms with Crippen molar-refractivity contribution in [2.45, 2.75) is 19.3 Å². The van der Waals surface area contributed by atoms with E-state index >= 15 is 0 Å². The van der Waals surface area contributed by atoms with E-state index in [0.717, 1.165) is 0 Å². The maximum Gasteiger partial charge on any atom is 0.222 e. The first-order chi connectivity index (χ1) is 9.45. The van der Waals surface area contributed by atoms with Crippen molar-refractivity contribution in [2.75, 3.05) is 27.2 Å². The van der Waals surface area contributed by atoms with Gasteiger partial charge in [-0.15, -0.1) is 0 Å². The van der Waals surface area contributed by atoms with Crippen LogP contribution in [0.15, 0.2) is 12.1 Å². The van der Waals surface area contributed by atoms with Crippen molar-refractivity contribution in [3.8, 4) is 5.75 Å². The third-order valence-corrected chi connectivity index (χ3v) is 2.77. The van der Waals surface area contributed by atoms with Crippen LogP contribution in [0, 0.1) is 11.6 Å². The predicted molar refractivity (Wildman–Crippen MR) is 72.5 cm³/mol. The Bertz CT molecular complexity index is 441. The van der Waals surface area contributed by atoms with Crippen molar-refractivity contribution in [3.05, 3.63) is 29.3 Å². The van der Waals surface area contributed by atoms with E-state index in [2.05, 4.69) is 0 Å². The van der Waals surface area contributed by atoms with Crippen LogP contribution in [-0.2, 0) is 11.2 Å². The van der Waals surface area contributed by atoms with Gasteiger partial charge in [-0.1, -0.05) is 0 Å². The smallest absolute Gasteiger partial charge is 0.222 e. The van der Waals surface area contributed by atoms with E-state index in [4.69, 9.17) is 10.5 Å². The monoisotopic (exact) mass is 286 g/mol. The lowest BCUT2D eigenvalue weighted by Gasteiger charge is -2.12. The minimum Gasteiger partial charge on any atom is -0.488 e. The van der Waals surface area contributed by atoms with Gasteiger partial charge in [0.15, 0.2) is 17.4 Å². The number of ether oxygens (including phenoxy) is 1. The maximum absolute atomic E-state index is 13.7. The van der Waals surface area contributed by atoms with E-state index in [1.165, 1.54) is 17.0 Å². The molecule has 0 aliphatic heterocycles. The van der Waals surface area contributed by atoms with Crippen LogP contribution in [0.25, 0.3) is 0 Å². The molecular formula is C14H20F2N2O2. The second kappa shape index (κ2) is 7.79. The van der Waals surface area contributed by atoms with Gasteiger partial charge in [0, 0.05) is 20.5 Å². The number of nitrogens with two attached hydrogens (primary N) is 1. The van der Waals surface area contributed by atoms with Crippen molar-refractivity contribution in [1.29, 1.82) is 0 Å². The average molecular weight is 286 g/mol. The Labute approximate surface area is 117 Å². The molecule has 6 heteroatoms. The number of carbonyl (C=O) groups is 1. The molecule has 0 atom stereocenters. The minimum absolute atomic E-state index is 0.0483. The highest BCUT2D eigenvalue weighted by atomic mass is 19.1. The summed E-state index contributed by atoms with van der Waals surface area (Å²) >= 11 is 0. The summed E-state index contributed by atoms with van der Waals surface area (Å²) in [6.07, 6.45) is 1.09. The Hall–Kier alpha value is -1.69. The predicted octanol–water partition coefficient (Wildman–Crippen LogP) is 1.71. The van der Waals surface area contributed by atoms with Gasteiger partial charge in [-0.3, -0.25) is 4.79 Å². The number of hydrogen-bond acceptors (Lipinski definition) is 3. The Morgan fingerprint density at radius 2 is 1.90 bits per heavy atom. The van der Waals surface area contributed by atoms with Gasteiger partial charge in [-0.05, 0) is 37.1 Å². The van der Waals surface area contributed by atoms with E-state index in [0.29, 0.717) is 24.9 Å². The van der Waals surface area contributed by atoms with Crippen molar-refractivity contribution in [3.63, 3.8) is 0 Å². The Morgan fingerprint density at radius 3 is 2.40 bits per heavy atom. The van der Waals surface area contributed by atoms with E-state index in [1.54, 1.807) is 14.1 Å². The van der Waals surface area contributed by atoms with Gasteiger partial charge >= 0.3 is 0 Å². The maximum atomic E-state index is 13.7. The molecule has 0 aromatic heterocycles. The van der Waals surface area contributed by atoms with Crippen LogP contribution in [0.2, 0.25) is 0 Å². The van der Waals surface area contributed by atoms with E-state index in [9.17, 15) is 13.6 Å². The zero-order valence-corrected chi connectivity index (χ0v) is 11.8.